The van der Waals surface area contributed by atoms with Crippen LogP contribution in [0.1, 0.15) is 17.2 Å². The van der Waals surface area contributed by atoms with Crippen LogP contribution >= 0.6 is 0 Å². The molecule has 80 valence electrons. The third-order valence-corrected chi connectivity index (χ3v) is 2.00. The second-order valence-corrected chi connectivity index (χ2v) is 3.09. The Bertz CT molecular complexity index is 354. The van der Waals surface area contributed by atoms with Crippen molar-refractivity contribution in [1.29, 1.82) is 0 Å². The third-order valence-electron chi connectivity index (χ3n) is 2.00. The number of benzene rings is 1. The standard InChI is InChI=1S/C9H9BF3NO/c10-7-2-1-5(9(11,12)13)3-6(7)8(15)4-14/h1-3,8,15H,4,14H2. The van der Waals surface area contributed by atoms with Gasteiger partial charge in [0.2, 0.25) is 0 Å². The molecular weight excluding hydrogens is 206 g/mol. The van der Waals surface area contributed by atoms with E-state index in [1.165, 1.54) is 0 Å². The fourth-order valence-corrected chi connectivity index (χ4v) is 1.17. The predicted octanol–water partition coefficient (Wildman–Crippen LogP) is 0.491. The molecule has 0 fully saturated rings. The monoisotopic (exact) mass is 215 g/mol. The Balaban J connectivity index is 3.17. The van der Waals surface area contributed by atoms with E-state index >= 15 is 0 Å². The lowest BCUT2D eigenvalue weighted by Crippen LogP contribution is -2.21. The molecule has 1 atom stereocenters. The van der Waals surface area contributed by atoms with E-state index in [2.05, 4.69) is 0 Å². The number of aliphatic hydroxyl groups is 1. The van der Waals surface area contributed by atoms with Crippen molar-refractivity contribution in [3.63, 3.8) is 0 Å². The average Bonchev–Trinajstić information content (AvgIpc) is 2.15. The Hall–Kier alpha value is -1.01. The summed E-state index contributed by atoms with van der Waals surface area (Å²) in [5.74, 6) is 0. The van der Waals surface area contributed by atoms with Gasteiger partial charge in [0.25, 0.3) is 0 Å². The maximum absolute atomic E-state index is 12.3. The summed E-state index contributed by atoms with van der Waals surface area (Å²) in [6.07, 6.45) is -5.62. The number of rotatable bonds is 2. The predicted molar refractivity (Wildman–Crippen MR) is 50.8 cm³/mol. The van der Waals surface area contributed by atoms with Crippen molar-refractivity contribution in [3.8, 4) is 0 Å². The zero-order valence-corrected chi connectivity index (χ0v) is 7.75. The first-order valence-electron chi connectivity index (χ1n) is 4.21. The van der Waals surface area contributed by atoms with Gasteiger partial charge in [-0.15, -0.1) is 0 Å². The number of aliphatic hydroxyl groups excluding tert-OH is 1. The van der Waals surface area contributed by atoms with Gasteiger partial charge in [0, 0.05) is 6.54 Å². The highest BCUT2D eigenvalue weighted by Gasteiger charge is 2.31. The van der Waals surface area contributed by atoms with E-state index in [0.29, 0.717) is 0 Å². The van der Waals surface area contributed by atoms with Crippen LogP contribution in [0.3, 0.4) is 0 Å². The lowest BCUT2D eigenvalue weighted by atomic mass is 9.86. The molecule has 2 radical (unpaired) electrons. The van der Waals surface area contributed by atoms with E-state index in [-0.39, 0.29) is 17.6 Å². The van der Waals surface area contributed by atoms with Crippen molar-refractivity contribution in [3.05, 3.63) is 29.3 Å². The molecule has 0 amide bonds. The van der Waals surface area contributed by atoms with Crippen molar-refractivity contribution < 1.29 is 18.3 Å². The van der Waals surface area contributed by atoms with Crippen molar-refractivity contribution in [2.45, 2.75) is 12.3 Å². The first-order chi connectivity index (χ1) is 6.86. The zero-order valence-electron chi connectivity index (χ0n) is 7.75. The Morgan fingerprint density at radius 3 is 2.47 bits per heavy atom. The second kappa shape index (κ2) is 4.24. The smallest absolute Gasteiger partial charge is 0.387 e. The van der Waals surface area contributed by atoms with E-state index in [4.69, 9.17) is 13.6 Å². The molecular formula is C9H9BF3NO. The van der Waals surface area contributed by atoms with Gasteiger partial charge in [-0.2, -0.15) is 13.2 Å². The van der Waals surface area contributed by atoms with Crippen LogP contribution in [0.5, 0.6) is 0 Å². The fourth-order valence-electron chi connectivity index (χ4n) is 1.17. The first kappa shape index (κ1) is 12.1. The van der Waals surface area contributed by atoms with Crippen LogP contribution in [0.15, 0.2) is 18.2 Å². The van der Waals surface area contributed by atoms with Crippen LogP contribution in [0.25, 0.3) is 0 Å². The molecule has 6 heteroatoms. The summed E-state index contributed by atoms with van der Waals surface area (Å²) in [5, 5.41) is 9.33. The summed E-state index contributed by atoms with van der Waals surface area (Å²) < 4.78 is 36.9. The van der Waals surface area contributed by atoms with Crippen LogP contribution in [0, 0.1) is 0 Å². The molecule has 1 unspecified atom stereocenters. The van der Waals surface area contributed by atoms with Gasteiger partial charge >= 0.3 is 6.18 Å². The molecule has 0 aliphatic carbocycles. The Morgan fingerprint density at radius 2 is 2.00 bits per heavy atom. The van der Waals surface area contributed by atoms with Gasteiger partial charge in [-0.1, -0.05) is 17.6 Å². The SMILES string of the molecule is [B]c1ccc(C(F)(F)F)cc1C(O)CN. The lowest BCUT2D eigenvalue weighted by molar-refractivity contribution is -0.137. The summed E-state index contributed by atoms with van der Waals surface area (Å²) in [5.41, 5.74) is 4.40. The third kappa shape index (κ3) is 2.73. The van der Waals surface area contributed by atoms with Crippen LogP contribution in [-0.4, -0.2) is 19.5 Å². The van der Waals surface area contributed by atoms with E-state index < -0.39 is 17.8 Å². The highest BCUT2D eigenvalue weighted by Crippen LogP contribution is 2.29. The summed E-state index contributed by atoms with van der Waals surface area (Å²) >= 11 is 0. The molecule has 0 aliphatic rings. The summed E-state index contributed by atoms with van der Waals surface area (Å²) in [6, 6.07) is 2.78. The second-order valence-electron chi connectivity index (χ2n) is 3.09. The quantitative estimate of drug-likeness (QED) is 0.705. The van der Waals surface area contributed by atoms with E-state index in [0.717, 1.165) is 18.2 Å². The molecule has 0 spiro atoms. The largest absolute Gasteiger partial charge is 0.416 e. The van der Waals surface area contributed by atoms with Crippen molar-refractivity contribution in [2.24, 2.45) is 5.73 Å². The Kier molecular flexibility index (Phi) is 3.41. The maximum atomic E-state index is 12.3. The minimum Gasteiger partial charge on any atom is -0.387 e. The van der Waals surface area contributed by atoms with Gasteiger partial charge in [0.1, 0.15) is 7.85 Å². The molecule has 15 heavy (non-hydrogen) atoms. The van der Waals surface area contributed by atoms with Gasteiger partial charge in [0.05, 0.1) is 11.7 Å². The number of halogens is 3. The first-order valence-corrected chi connectivity index (χ1v) is 4.21. The minimum absolute atomic E-state index is 0.00678. The fraction of sp³-hybridized carbons (Fsp3) is 0.333. The van der Waals surface area contributed by atoms with E-state index in [1.54, 1.807) is 0 Å². The Labute approximate surface area is 86.3 Å². The highest BCUT2D eigenvalue weighted by molar-refractivity contribution is 6.33. The molecule has 0 saturated heterocycles. The molecule has 3 N–H and O–H groups in total. The topological polar surface area (TPSA) is 46.2 Å². The summed E-state index contributed by atoms with van der Waals surface area (Å²) in [7, 11) is 5.43. The van der Waals surface area contributed by atoms with Crippen LogP contribution < -0.4 is 11.2 Å². The average molecular weight is 215 g/mol. The molecule has 1 aromatic carbocycles. The van der Waals surface area contributed by atoms with E-state index in [9.17, 15) is 18.3 Å². The van der Waals surface area contributed by atoms with Crippen molar-refractivity contribution in [1.82, 2.24) is 0 Å². The summed E-state index contributed by atoms with van der Waals surface area (Å²) in [4.78, 5) is 0. The van der Waals surface area contributed by atoms with Gasteiger partial charge < -0.3 is 10.8 Å². The molecule has 0 saturated carbocycles. The highest BCUT2D eigenvalue weighted by atomic mass is 19.4. The van der Waals surface area contributed by atoms with Crippen LogP contribution in [0.4, 0.5) is 13.2 Å². The maximum Gasteiger partial charge on any atom is 0.416 e. The molecule has 0 aromatic heterocycles. The minimum atomic E-state index is -4.45. The number of hydrogen-bond acceptors (Lipinski definition) is 2. The Morgan fingerprint density at radius 1 is 1.40 bits per heavy atom. The van der Waals surface area contributed by atoms with Gasteiger partial charge in [0.15, 0.2) is 0 Å². The van der Waals surface area contributed by atoms with Crippen molar-refractivity contribution >= 4 is 13.3 Å². The lowest BCUT2D eigenvalue weighted by Gasteiger charge is -2.15. The van der Waals surface area contributed by atoms with Gasteiger partial charge in [-0.05, 0) is 11.6 Å². The molecule has 0 heterocycles. The van der Waals surface area contributed by atoms with Crippen LogP contribution in [-0.2, 0) is 6.18 Å². The number of alkyl halides is 3. The molecule has 2 nitrogen and oxygen atoms in total. The zero-order chi connectivity index (χ0) is 11.6. The molecule has 0 aliphatic heterocycles. The number of hydrogen-bond donors (Lipinski definition) is 2. The summed E-state index contributed by atoms with van der Waals surface area (Å²) in [6.45, 7) is -0.175. The molecule has 0 bridgehead atoms. The van der Waals surface area contributed by atoms with Gasteiger partial charge in [-0.25, -0.2) is 0 Å². The van der Waals surface area contributed by atoms with E-state index in [1.807, 2.05) is 0 Å². The van der Waals surface area contributed by atoms with Crippen LogP contribution in [0.2, 0.25) is 0 Å². The normalized spacial score (nSPS) is 13.9. The molecule has 1 aromatic rings. The molecule has 1 rings (SSSR count). The van der Waals surface area contributed by atoms with Crippen molar-refractivity contribution in [2.75, 3.05) is 6.54 Å². The van der Waals surface area contributed by atoms with Gasteiger partial charge in [-0.3, -0.25) is 0 Å². The number of nitrogens with two attached hydrogens (primary N) is 1.